The molecule has 0 aliphatic heterocycles. The third kappa shape index (κ3) is 82.6. The monoisotopic (exact) mass is 1610 g/mol. The highest BCUT2D eigenvalue weighted by Crippen LogP contribution is 2.45. The second-order valence-corrected chi connectivity index (χ2v) is 36.8. The van der Waals surface area contributed by atoms with Crippen molar-refractivity contribution in [2.24, 2.45) is 17.8 Å². The summed E-state index contributed by atoms with van der Waals surface area (Å²) < 4.78 is 69.1. The average molecular weight is 1610 g/mol. The normalized spacial score (nSPS) is 14.0. The van der Waals surface area contributed by atoms with Crippen LogP contribution in [0.1, 0.15) is 485 Å². The van der Waals surface area contributed by atoms with Gasteiger partial charge in [0.2, 0.25) is 0 Å². The minimum absolute atomic E-state index is 0.107. The van der Waals surface area contributed by atoms with E-state index in [1.807, 2.05) is 0 Å². The van der Waals surface area contributed by atoms with Crippen LogP contribution >= 0.6 is 15.6 Å². The van der Waals surface area contributed by atoms with Crippen LogP contribution in [0.2, 0.25) is 0 Å². The zero-order valence-corrected chi connectivity index (χ0v) is 74.5. The standard InChI is InChI=1S/C91H178O17P2/c1-8-10-11-12-13-14-15-16-17-18-19-20-24-27-32-37-44-51-58-65-72-88(93)101-78-86(107-90(95)74-67-60-53-45-38-33-28-25-22-21-23-26-31-36-43-50-57-64-71-84(7)9-2)80-105-109(97,98)103-76-85(92)77-104-110(99,100)106-81-87(79-102-89(94)73-66-59-52-47-40-42-49-56-63-70-83(5)6)108-91(96)75-68-61-54-46-39-34-29-30-35-41-48-55-62-69-82(3)4/h82-87,92H,8-81H2,1-7H3,(H,97,98)(H,99,100)/t84?,85-,86-,87-/m1/s1. The number of esters is 4. The second-order valence-electron chi connectivity index (χ2n) is 33.9. The van der Waals surface area contributed by atoms with Crippen molar-refractivity contribution in [2.75, 3.05) is 39.6 Å². The predicted molar refractivity (Wildman–Crippen MR) is 455 cm³/mol. The Hall–Kier alpha value is -1.94. The van der Waals surface area contributed by atoms with Gasteiger partial charge in [-0.3, -0.25) is 37.3 Å². The maximum Gasteiger partial charge on any atom is 0.472 e. The summed E-state index contributed by atoms with van der Waals surface area (Å²) in [6, 6.07) is 0. The van der Waals surface area contributed by atoms with Crippen LogP contribution in [-0.4, -0.2) is 96.7 Å². The van der Waals surface area contributed by atoms with E-state index in [1.165, 1.54) is 295 Å². The fourth-order valence-corrected chi connectivity index (χ4v) is 15.8. The van der Waals surface area contributed by atoms with Gasteiger partial charge in [-0.2, -0.15) is 0 Å². The number of phosphoric ester groups is 2. The van der Waals surface area contributed by atoms with Gasteiger partial charge in [-0.1, -0.05) is 434 Å². The van der Waals surface area contributed by atoms with Crippen molar-refractivity contribution in [1.82, 2.24) is 0 Å². The van der Waals surface area contributed by atoms with Crippen LogP contribution in [0.15, 0.2) is 0 Å². The van der Waals surface area contributed by atoms with E-state index in [0.717, 1.165) is 108 Å². The number of phosphoric acid groups is 2. The molecular weight excluding hydrogens is 1430 g/mol. The molecule has 6 atom stereocenters. The highest BCUT2D eigenvalue weighted by atomic mass is 31.2. The summed E-state index contributed by atoms with van der Waals surface area (Å²) in [6.45, 7) is 12.1. The fraction of sp³-hybridized carbons (Fsp3) is 0.956. The Labute approximate surface area is 677 Å². The molecule has 0 rings (SSSR count). The van der Waals surface area contributed by atoms with Gasteiger partial charge in [0.05, 0.1) is 26.4 Å². The lowest BCUT2D eigenvalue weighted by molar-refractivity contribution is -0.161. The average Bonchev–Trinajstić information content (AvgIpc) is 0.898. The first kappa shape index (κ1) is 108. The molecule has 17 nitrogen and oxygen atoms in total. The lowest BCUT2D eigenvalue weighted by atomic mass is 9.99. The van der Waals surface area contributed by atoms with Crippen LogP contribution in [0.4, 0.5) is 0 Å². The smallest absolute Gasteiger partial charge is 0.462 e. The van der Waals surface area contributed by atoms with E-state index in [9.17, 15) is 43.2 Å². The summed E-state index contributed by atoms with van der Waals surface area (Å²) in [4.78, 5) is 73.4. The van der Waals surface area contributed by atoms with Gasteiger partial charge in [-0.05, 0) is 43.4 Å². The molecule has 0 aliphatic carbocycles. The molecule has 0 spiro atoms. The van der Waals surface area contributed by atoms with Crippen LogP contribution < -0.4 is 0 Å². The lowest BCUT2D eigenvalue weighted by Gasteiger charge is -2.21. The molecule has 0 aromatic heterocycles. The Morgan fingerprint density at radius 1 is 0.264 bits per heavy atom. The Kier molecular flexibility index (Phi) is 79.4. The highest BCUT2D eigenvalue weighted by molar-refractivity contribution is 7.47. The molecule has 0 saturated heterocycles. The van der Waals surface area contributed by atoms with E-state index < -0.39 is 97.5 Å². The first-order valence-electron chi connectivity index (χ1n) is 46.9. The Balaban J connectivity index is 5.25. The van der Waals surface area contributed by atoms with Gasteiger partial charge in [0.15, 0.2) is 12.2 Å². The molecule has 110 heavy (non-hydrogen) atoms. The SMILES string of the molecule is CCCCCCCCCCCCCCCCCCCCCCC(=O)OC[C@H](COP(=O)(O)OC[C@@H](O)COP(=O)(O)OC[C@@H](COC(=O)CCCCCCCCCCCC(C)C)OC(=O)CCCCCCCCCCCCCCCC(C)C)OC(=O)CCCCCCCCCCCCCCCCCCCCC(C)CC. The molecule has 654 valence electrons. The first-order valence-corrected chi connectivity index (χ1v) is 49.9. The summed E-state index contributed by atoms with van der Waals surface area (Å²) in [5, 5.41) is 10.7. The van der Waals surface area contributed by atoms with Crippen LogP contribution in [-0.2, 0) is 65.4 Å². The van der Waals surface area contributed by atoms with Gasteiger partial charge in [0, 0.05) is 25.7 Å². The van der Waals surface area contributed by atoms with Gasteiger partial charge in [-0.15, -0.1) is 0 Å². The number of carbonyl (C=O) groups is 4. The van der Waals surface area contributed by atoms with Crippen molar-refractivity contribution in [3.8, 4) is 0 Å². The number of aliphatic hydroxyl groups excluding tert-OH is 1. The molecule has 3 N–H and O–H groups in total. The van der Waals surface area contributed by atoms with Crippen molar-refractivity contribution in [3.63, 3.8) is 0 Å². The Morgan fingerprint density at radius 3 is 0.691 bits per heavy atom. The number of hydrogen-bond acceptors (Lipinski definition) is 15. The summed E-state index contributed by atoms with van der Waals surface area (Å²) in [5.41, 5.74) is 0. The maximum absolute atomic E-state index is 13.2. The van der Waals surface area contributed by atoms with Crippen molar-refractivity contribution in [2.45, 2.75) is 503 Å². The summed E-state index contributed by atoms with van der Waals surface area (Å²) in [5.74, 6) is 0.302. The second kappa shape index (κ2) is 80.8. The van der Waals surface area contributed by atoms with Crippen molar-refractivity contribution in [3.05, 3.63) is 0 Å². The minimum atomic E-state index is -4.97. The van der Waals surface area contributed by atoms with E-state index in [-0.39, 0.29) is 25.7 Å². The number of aliphatic hydroxyl groups is 1. The van der Waals surface area contributed by atoms with Gasteiger partial charge in [-0.25, -0.2) is 9.13 Å². The molecule has 0 aliphatic rings. The van der Waals surface area contributed by atoms with Crippen LogP contribution in [0.5, 0.6) is 0 Å². The molecule has 0 aromatic carbocycles. The molecule has 0 fully saturated rings. The third-order valence-electron chi connectivity index (χ3n) is 21.7. The van der Waals surface area contributed by atoms with E-state index >= 15 is 0 Å². The van der Waals surface area contributed by atoms with Crippen molar-refractivity contribution < 1.29 is 80.2 Å². The molecule has 3 unspecified atom stereocenters. The zero-order chi connectivity index (χ0) is 80.8. The van der Waals surface area contributed by atoms with Crippen LogP contribution in [0, 0.1) is 17.8 Å². The topological polar surface area (TPSA) is 237 Å². The van der Waals surface area contributed by atoms with Crippen LogP contribution in [0.3, 0.4) is 0 Å². The summed E-state index contributed by atoms with van der Waals surface area (Å²) in [6.07, 6.45) is 73.7. The maximum atomic E-state index is 13.2. The quantitative estimate of drug-likeness (QED) is 0.0222. The van der Waals surface area contributed by atoms with Crippen molar-refractivity contribution >= 4 is 39.5 Å². The molecule has 0 amide bonds. The van der Waals surface area contributed by atoms with Crippen LogP contribution in [0.25, 0.3) is 0 Å². The number of rotatable bonds is 89. The van der Waals surface area contributed by atoms with E-state index in [0.29, 0.717) is 25.7 Å². The number of unbranched alkanes of at least 4 members (excludes halogenated alkanes) is 56. The predicted octanol–water partition coefficient (Wildman–Crippen LogP) is 28.0. The highest BCUT2D eigenvalue weighted by Gasteiger charge is 2.31. The Bertz CT molecular complexity index is 2120. The minimum Gasteiger partial charge on any atom is -0.462 e. The largest absolute Gasteiger partial charge is 0.472 e. The van der Waals surface area contributed by atoms with Gasteiger partial charge in [0.1, 0.15) is 19.3 Å². The number of carbonyl (C=O) groups excluding carboxylic acids is 4. The van der Waals surface area contributed by atoms with Gasteiger partial charge < -0.3 is 33.8 Å². The number of ether oxygens (including phenoxy) is 4. The third-order valence-corrected chi connectivity index (χ3v) is 23.6. The molecule has 0 aromatic rings. The van der Waals surface area contributed by atoms with E-state index in [4.69, 9.17) is 37.0 Å². The van der Waals surface area contributed by atoms with E-state index in [1.54, 1.807) is 0 Å². The van der Waals surface area contributed by atoms with E-state index in [2.05, 4.69) is 48.5 Å². The molecular formula is C91H178O17P2. The fourth-order valence-electron chi connectivity index (χ4n) is 14.2. The van der Waals surface area contributed by atoms with Gasteiger partial charge >= 0.3 is 39.5 Å². The molecule has 0 heterocycles. The lowest BCUT2D eigenvalue weighted by Crippen LogP contribution is -2.30. The van der Waals surface area contributed by atoms with Crippen molar-refractivity contribution in [1.29, 1.82) is 0 Å². The molecule has 0 radical (unpaired) electrons. The molecule has 0 bridgehead atoms. The summed E-state index contributed by atoms with van der Waals surface area (Å²) in [7, 11) is -9.94. The molecule has 0 saturated carbocycles. The summed E-state index contributed by atoms with van der Waals surface area (Å²) >= 11 is 0. The zero-order valence-electron chi connectivity index (χ0n) is 72.7. The Morgan fingerprint density at radius 2 is 0.464 bits per heavy atom. The molecule has 19 heteroatoms. The van der Waals surface area contributed by atoms with Gasteiger partial charge in [0.25, 0.3) is 0 Å². The number of hydrogen-bond donors (Lipinski definition) is 3. The first-order chi connectivity index (χ1) is 53.3.